The Labute approximate surface area is 179 Å². The SMILES string of the molecule is CCCCCCCCCCCCc1ccccc1Nc1ccc(NC(C)C)cc1. The molecule has 0 aliphatic heterocycles. The van der Waals surface area contributed by atoms with Gasteiger partial charge >= 0.3 is 0 Å². The van der Waals surface area contributed by atoms with Gasteiger partial charge in [-0.25, -0.2) is 0 Å². The van der Waals surface area contributed by atoms with Crippen LogP contribution >= 0.6 is 0 Å². The lowest BCUT2D eigenvalue weighted by Gasteiger charge is -2.14. The molecule has 160 valence electrons. The molecule has 2 N–H and O–H groups in total. The third-order valence-electron chi connectivity index (χ3n) is 5.44. The Morgan fingerprint density at radius 3 is 1.83 bits per heavy atom. The zero-order chi connectivity index (χ0) is 20.7. The van der Waals surface area contributed by atoms with Crippen molar-refractivity contribution in [1.82, 2.24) is 0 Å². The molecule has 0 amide bonds. The van der Waals surface area contributed by atoms with E-state index in [2.05, 4.69) is 79.9 Å². The fraction of sp³-hybridized carbons (Fsp3) is 0.556. The highest BCUT2D eigenvalue weighted by Gasteiger charge is 2.03. The van der Waals surface area contributed by atoms with Crippen molar-refractivity contribution in [2.45, 2.75) is 97.4 Å². The van der Waals surface area contributed by atoms with E-state index in [1.54, 1.807) is 0 Å². The molecule has 0 spiro atoms. The van der Waals surface area contributed by atoms with E-state index in [0.29, 0.717) is 6.04 Å². The predicted octanol–water partition coefficient (Wildman–Crippen LogP) is 8.71. The molecule has 0 radical (unpaired) electrons. The van der Waals surface area contributed by atoms with Crippen LogP contribution in [0.1, 0.15) is 90.5 Å². The Balaban J connectivity index is 1.70. The summed E-state index contributed by atoms with van der Waals surface area (Å²) in [5.74, 6) is 0. The molecule has 29 heavy (non-hydrogen) atoms. The molecule has 2 rings (SSSR count). The quantitative estimate of drug-likeness (QED) is 0.295. The average molecular weight is 395 g/mol. The Bertz CT molecular complexity index is 660. The minimum Gasteiger partial charge on any atom is -0.383 e. The molecule has 0 atom stereocenters. The van der Waals surface area contributed by atoms with Crippen LogP contribution in [0.3, 0.4) is 0 Å². The smallest absolute Gasteiger partial charge is 0.0416 e. The molecule has 2 aromatic rings. The van der Waals surface area contributed by atoms with Gasteiger partial charge in [0.05, 0.1) is 0 Å². The molecule has 0 aliphatic rings. The van der Waals surface area contributed by atoms with E-state index in [4.69, 9.17) is 0 Å². The van der Waals surface area contributed by atoms with E-state index >= 15 is 0 Å². The van der Waals surface area contributed by atoms with Crippen molar-refractivity contribution >= 4 is 17.1 Å². The molecular formula is C27H42N2. The summed E-state index contributed by atoms with van der Waals surface area (Å²) in [4.78, 5) is 0. The number of aryl methyl sites for hydroxylation is 1. The topological polar surface area (TPSA) is 24.1 Å². The summed E-state index contributed by atoms with van der Waals surface area (Å²) < 4.78 is 0. The van der Waals surface area contributed by atoms with Gasteiger partial charge < -0.3 is 10.6 Å². The third kappa shape index (κ3) is 9.87. The van der Waals surface area contributed by atoms with Gasteiger partial charge in [-0.3, -0.25) is 0 Å². The Morgan fingerprint density at radius 2 is 1.21 bits per heavy atom. The highest BCUT2D eigenvalue weighted by Crippen LogP contribution is 2.24. The van der Waals surface area contributed by atoms with E-state index < -0.39 is 0 Å². The van der Waals surface area contributed by atoms with Crippen molar-refractivity contribution < 1.29 is 0 Å². The van der Waals surface area contributed by atoms with Gasteiger partial charge in [0.1, 0.15) is 0 Å². The highest BCUT2D eigenvalue weighted by atomic mass is 14.9. The minimum atomic E-state index is 0.454. The van der Waals surface area contributed by atoms with Crippen LogP contribution in [0.5, 0.6) is 0 Å². The first kappa shape index (κ1) is 23.3. The molecule has 0 aromatic heterocycles. The van der Waals surface area contributed by atoms with E-state index in [9.17, 15) is 0 Å². The molecule has 0 bridgehead atoms. The normalized spacial score (nSPS) is 11.0. The fourth-order valence-corrected chi connectivity index (χ4v) is 3.80. The predicted molar refractivity (Wildman–Crippen MR) is 130 cm³/mol. The van der Waals surface area contributed by atoms with E-state index in [-0.39, 0.29) is 0 Å². The van der Waals surface area contributed by atoms with Crippen molar-refractivity contribution in [3.8, 4) is 0 Å². The van der Waals surface area contributed by atoms with Gasteiger partial charge in [0.25, 0.3) is 0 Å². The Hall–Kier alpha value is -1.96. The van der Waals surface area contributed by atoms with Crippen molar-refractivity contribution in [2.24, 2.45) is 0 Å². The molecule has 0 heterocycles. The second-order valence-corrected chi connectivity index (χ2v) is 8.59. The fourth-order valence-electron chi connectivity index (χ4n) is 3.80. The number of unbranched alkanes of at least 4 members (excludes halogenated alkanes) is 9. The zero-order valence-electron chi connectivity index (χ0n) is 19.0. The standard InChI is InChI=1S/C27H42N2/c1-4-5-6-7-8-9-10-11-12-13-16-24-17-14-15-18-27(24)29-26-21-19-25(20-22-26)28-23(2)3/h14-15,17-23,28-29H,4-13,16H2,1-3H3. The van der Waals surface area contributed by atoms with Gasteiger partial charge in [0.15, 0.2) is 0 Å². The summed E-state index contributed by atoms with van der Waals surface area (Å²) in [6, 6.07) is 17.8. The lowest BCUT2D eigenvalue weighted by molar-refractivity contribution is 0.556. The van der Waals surface area contributed by atoms with Crippen LogP contribution in [0.4, 0.5) is 17.1 Å². The second kappa shape index (κ2) is 14.1. The van der Waals surface area contributed by atoms with Crippen LogP contribution in [0, 0.1) is 0 Å². The molecule has 0 unspecified atom stereocenters. The maximum Gasteiger partial charge on any atom is 0.0416 e. The Morgan fingerprint density at radius 1 is 0.655 bits per heavy atom. The highest BCUT2D eigenvalue weighted by molar-refractivity contribution is 5.65. The number of rotatable bonds is 15. The van der Waals surface area contributed by atoms with Gasteiger partial charge in [-0.05, 0) is 62.6 Å². The number of benzene rings is 2. The molecule has 2 heteroatoms. The minimum absolute atomic E-state index is 0.454. The van der Waals surface area contributed by atoms with Gasteiger partial charge in [-0.2, -0.15) is 0 Å². The number of hydrogen-bond acceptors (Lipinski definition) is 2. The molecule has 0 saturated carbocycles. The van der Waals surface area contributed by atoms with Crippen LogP contribution in [0.15, 0.2) is 48.5 Å². The van der Waals surface area contributed by atoms with E-state index in [1.165, 1.54) is 81.1 Å². The third-order valence-corrected chi connectivity index (χ3v) is 5.44. The lowest BCUT2D eigenvalue weighted by Crippen LogP contribution is -2.09. The first-order valence-electron chi connectivity index (χ1n) is 11.9. The summed E-state index contributed by atoms with van der Waals surface area (Å²) in [5, 5.41) is 7.05. The number of anilines is 3. The van der Waals surface area contributed by atoms with Crippen LogP contribution in [0.2, 0.25) is 0 Å². The summed E-state index contributed by atoms with van der Waals surface area (Å²) in [6.07, 6.45) is 15.0. The van der Waals surface area contributed by atoms with Crippen LogP contribution in [-0.4, -0.2) is 6.04 Å². The van der Waals surface area contributed by atoms with Crippen molar-refractivity contribution in [2.75, 3.05) is 10.6 Å². The monoisotopic (exact) mass is 394 g/mol. The molecule has 2 nitrogen and oxygen atoms in total. The van der Waals surface area contributed by atoms with Gasteiger partial charge in [0.2, 0.25) is 0 Å². The maximum atomic E-state index is 3.61. The van der Waals surface area contributed by atoms with Gasteiger partial charge in [-0.1, -0.05) is 82.9 Å². The van der Waals surface area contributed by atoms with Crippen LogP contribution in [-0.2, 0) is 6.42 Å². The largest absolute Gasteiger partial charge is 0.383 e. The summed E-state index contributed by atoms with van der Waals surface area (Å²) in [5.41, 5.74) is 4.99. The first-order chi connectivity index (χ1) is 14.2. The first-order valence-corrected chi connectivity index (χ1v) is 11.9. The van der Waals surface area contributed by atoms with E-state index in [0.717, 1.165) is 12.1 Å². The summed E-state index contributed by atoms with van der Waals surface area (Å²) >= 11 is 0. The number of hydrogen-bond donors (Lipinski definition) is 2. The Kier molecular flexibility index (Phi) is 11.3. The lowest BCUT2D eigenvalue weighted by atomic mass is 10.0. The average Bonchev–Trinajstić information content (AvgIpc) is 2.71. The van der Waals surface area contributed by atoms with Crippen molar-refractivity contribution in [3.63, 3.8) is 0 Å². The molecule has 2 aromatic carbocycles. The number of para-hydroxylation sites is 1. The molecule has 0 aliphatic carbocycles. The molecular weight excluding hydrogens is 352 g/mol. The summed E-state index contributed by atoms with van der Waals surface area (Å²) in [7, 11) is 0. The zero-order valence-corrected chi connectivity index (χ0v) is 19.0. The molecule has 0 fully saturated rings. The van der Waals surface area contributed by atoms with Crippen LogP contribution < -0.4 is 10.6 Å². The van der Waals surface area contributed by atoms with Crippen molar-refractivity contribution in [1.29, 1.82) is 0 Å². The molecule has 0 saturated heterocycles. The second-order valence-electron chi connectivity index (χ2n) is 8.59. The summed E-state index contributed by atoms with van der Waals surface area (Å²) in [6.45, 7) is 6.61. The van der Waals surface area contributed by atoms with Gasteiger partial charge in [-0.15, -0.1) is 0 Å². The van der Waals surface area contributed by atoms with E-state index in [1.807, 2.05) is 0 Å². The van der Waals surface area contributed by atoms with Crippen LogP contribution in [0.25, 0.3) is 0 Å². The maximum absolute atomic E-state index is 3.61. The van der Waals surface area contributed by atoms with Gasteiger partial charge in [0, 0.05) is 23.1 Å². The van der Waals surface area contributed by atoms with Crippen molar-refractivity contribution in [3.05, 3.63) is 54.1 Å². The number of nitrogens with one attached hydrogen (secondary N) is 2.